The molecule has 1 rings (SSSR count). The van der Waals surface area contributed by atoms with E-state index in [0.717, 1.165) is 5.57 Å². The highest BCUT2D eigenvalue weighted by Crippen LogP contribution is 2.26. The molecule has 1 aliphatic rings. The van der Waals surface area contributed by atoms with Gasteiger partial charge in [-0.2, -0.15) is 0 Å². The van der Waals surface area contributed by atoms with Crippen LogP contribution in [0.4, 0.5) is 0 Å². The molecule has 0 saturated carbocycles. The van der Waals surface area contributed by atoms with Crippen molar-refractivity contribution in [3.8, 4) is 0 Å². The summed E-state index contributed by atoms with van der Waals surface area (Å²) in [6.07, 6.45) is 2.17. The highest BCUT2D eigenvalue weighted by Gasteiger charge is 2.24. The van der Waals surface area contributed by atoms with Crippen molar-refractivity contribution in [2.24, 2.45) is 5.41 Å². The quantitative estimate of drug-likeness (QED) is 0.618. The SMILES string of the molecule is CC1(C)C=C(CC(=O)OC(C)(C)C)CC(O)COC1. The van der Waals surface area contributed by atoms with Gasteiger partial charge in [0.15, 0.2) is 0 Å². The molecule has 0 aromatic carbocycles. The van der Waals surface area contributed by atoms with Crippen molar-refractivity contribution in [1.82, 2.24) is 0 Å². The molecule has 19 heavy (non-hydrogen) atoms. The first-order chi connectivity index (χ1) is 8.57. The van der Waals surface area contributed by atoms with Gasteiger partial charge in [0.25, 0.3) is 0 Å². The van der Waals surface area contributed by atoms with Crippen LogP contribution in [0.5, 0.6) is 0 Å². The standard InChI is InChI=1S/C15H26O4/c1-14(2,3)19-13(17)7-11-6-12(16)9-18-10-15(4,5)8-11/h8,12,16H,6-7,9-10H2,1-5H3. The van der Waals surface area contributed by atoms with E-state index in [2.05, 4.69) is 13.8 Å². The lowest BCUT2D eigenvalue weighted by Gasteiger charge is -2.27. The van der Waals surface area contributed by atoms with Gasteiger partial charge in [0, 0.05) is 5.41 Å². The molecule has 0 aromatic rings. The summed E-state index contributed by atoms with van der Waals surface area (Å²) in [4.78, 5) is 11.9. The van der Waals surface area contributed by atoms with Crippen LogP contribution >= 0.6 is 0 Å². The molecule has 1 N–H and O–H groups in total. The van der Waals surface area contributed by atoms with Gasteiger partial charge >= 0.3 is 5.97 Å². The molecule has 0 saturated heterocycles. The zero-order valence-corrected chi connectivity index (χ0v) is 12.7. The smallest absolute Gasteiger partial charge is 0.310 e. The molecule has 1 aliphatic heterocycles. The fraction of sp³-hybridized carbons (Fsp3) is 0.800. The van der Waals surface area contributed by atoms with Crippen LogP contribution in [-0.2, 0) is 14.3 Å². The first-order valence-corrected chi connectivity index (χ1v) is 6.76. The third-order valence-electron chi connectivity index (χ3n) is 2.67. The van der Waals surface area contributed by atoms with Gasteiger partial charge in [-0.3, -0.25) is 4.79 Å². The van der Waals surface area contributed by atoms with Crippen molar-refractivity contribution in [1.29, 1.82) is 0 Å². The van der Waals surface area contributed by atoms with Crippen LogP contribution in [0.2, 0.25) is 0 Å². The maximum absolute atomic E-state index is 11.9. The Morgan fingerprint density at radius 1 is 1.53 bits per heavy atom. The Morgan fingerprint density at radius 2 is 2.16 bits per heavy atom. The average molecular weight is 270 g/mol. The summed E-state index contributed by atoms with van der Waals surface area (Å²) in [5.41, 5.74) is 0.323. The second-order valence-electron chi connectivity index (χ2n) is 6.93. The molecule has 0 aromatic heterocycles. The van der Waals surface area contributed by atoms with Gasteiger partial charge in [0.05, 0.1) is 25.7 Å². The number of rotatable bonds is 2. The van der Waals surface area contributed by atoms with E-state index in [9.17, 15) is 9.90 Å². The fourth-order valence-corrected chi connectivity index (χ4v) is 2.16. The van der Waals surface area contributed by atoms with Crippen LogP contribution in [0.3, 0.4) is 0 Å². The molecule has 0 amide bonds. The summed E-state index contributed by atoms with van der Waals surface area (Å²) in [5, 5.41) is 9.78. The van der Waals surface area contributed by atoms with Crippen LogP contribution in [0.15, 0.2) is 11.6 Å². The van der Waals surface area contributed by atoms with E-state index in [0.29, 0.717) is 19.6 Å². The maximum Gasteiger partial charge on any atom is 0.310 e. The normalized spacial score (nSPS) is 24.1. The summed E-state index contributed by atoms with van der Waals surface area (Å²) in [6, 6.07) is 0. The molecule has 1 heterocycles. The zero-order chi connectivity index (χ0) is 14.7. The lowest BCUT2D eigenvalue weighted by Crippen LogP contribution is -2.28. The van der Waals surface area contributed by atoms with E-state index in [4.69, 9.17) is 9.47 Å². The Balaban J connectivity index is 2.74. The summed E-state index contributed by atoms with van der Waals surface area (Å²) in [6.45, 7) is 10.5. The molecule has 0 radical (unpaired) electrons. The molecule has 0 fully saturated rings. The van der Waals surface area contributed by atoms with Crippen molar-refractivity contribution in [3.05, 3.63) is 11.6 Å². The number of hydrogen-bond acceptors (Lipinski definition) is 4. The minimum atomic E-state index is -0.551. The highest BCUT2D eigenvalue weighted by molar-refractivity contribution is 5.73. The minimum Gasteiger partial charge on any atom is -0.460 e. The van der Waals surface area contributed by atoms with Crippen molar-refractivity contribution in [2.45, 2.75) is 59.2 Å². The molecule has 4 nitrogen and oxygen atoms in total. The van der Waals surface area contributed by atoms with Gasteiger partial charge in [0.2, 0.25) is 0 Å². The van der Waals surface area contributed by atoms with Gasteiger partial charge in [0.1, 0.15) is 5.60 Å². The number of aliphatic hydroxyl groups is 1. The van der Waals surface area contributed by atoms with E-state index in [1.165, 1.54) is 0 Å². The van der Waals surface area contributed by atoms with Gasteiger partial charge in [-0.05, 0) is 27.2 Å². The Kier molecular flexibility index (Phi) is 5.16. The van der Waals surface area contributed by atoms with Crippen LogP contribution in [-0.4, -0.2) is 36.0 Å². The summed E-state index contributed by atoms with van der Waals surface area (Å²) in [5.74, 6) is -0.247. The topological polar surface area (TPSA) is 55.8 Å². The molecule has 0 aliphatic carbocycles. The molecule has 1 unspecified atom stereocenters. The molecule has 1 atom stereocenters. The monoisotopic (exact) mass is 270 g/mol. The highest BCUT2D eigenvalue weighted by atomic mass is 16.6. The van der Waals surface area contributed by atoms with Gasteiger partial charge in [-0.1, -0.05) is 25.5 Å². The average Bonchev–Trinajstić information content (AvgIpc) is 2.10. The molecular weight excluding hydrogens is 244 g/mol. The predicted octanol–water partition coefficient (Wildman–Crippen LogP) is 2.45. The number of aliphatic hydroxyl groups excluding tert-OH is 1. The number of carbonyl (C=O) groups excluding carboxylic acids is 1. The predicted molar refractivity (Wildman–Crippen MR) is 73.8 cm³/mol. The van der Waals surface area contributed by atoms with Crippen LogP contribution in [0, 0.1) is 5.41 Å². The molecule has 4 heteroatoms. The summed E-state index contributed by atoms with van der Waals surface area (Å²) in [7, 11) is 0. The van der Waals surface area contributed by atoms with E-state index in [1.807, 2.05) is 26.8 Å². The molecule has 0 spiro atoms. The van der Waals surface area contributed by atoms with Crippen molar-refractivity contribution in [2.75, 3.05) is 13.2 Å². The zero-order valence-electron chi connectivity index (χ0n) is 12.7. The van der Waals surface area contributed by atoms with Gasteiger partial charge in [-0.15, -0.1) is 0 Å². The Morgan fingerprint density at radius 3 is 2.74 bits per heavy atom. The maximum atomic E-state index is 11.9. The Labute approximate surface area is 115 Å². The third kappa shape index (κ3) is 6.73. The van der Waals surface area contributed by atoms with Crippen molar-refractivity contribution in [3.63, 3.8) is 0 Å². The first-order valence-electron chi connectivity index (χ1n) is 6.76. The number of hydrogen-bond donors (Lipinski definition) is 1. The van der Waals surface area contributed by atoms with Crippen molar-refractivity contribution >= 4 is 5.97 Å². The van der Waals surface area contributed by atoms with Crippen LogP contribution in [0.1, 0.15) is 47.5 Å². The fourth-order valence-electron chi connectivity index (χ4n) is 2.16. The first kappa shape index (κ1) is 16.2. The van der Waals surface area contributed by atoms with E-state index >= 15 is 0 Å². The lowest BCUT2D eigenvalue weighted by atomic mass is 9.88. The lowest BCUT2D eigenvalue weighted by molar-refractivity contribution is -0.154. The second-order valence-corrected chi connectivity index (χ2v) is 6.93. The number of esters is 1. The minimum absolute atomic E-state index is 0.127. The van der Waals surface area contributed by atoms with E-state index in [1.54, 1.807) is 0 Å². The number of carbonyl (C=O) groups is 1. The number of ether oxygens (including phenoxy) is 2. The second kappa shape index (κ2) is 6.06. The largest absolute Gasteiger partial charge is 0.460 e. The van der Waals surface area contributed by atoms with Crippen LogP contribution in [0.25, 0.3) is 0 Å². The molecular formula is C15H26O4. The van der Waals surface area contributed by atoms with E-state index in [-0.39, 0.29) is 17.8 Å². The molecule has 0 bridgehead atoms. The van der Waals surface area contributed by atoms with Gasteiger partial charge < -0.3 is 14.6 Å². The van der Waals surface area contributed by atoms with Crippen molar-refractivity contribution < 1.29 is 19.4 Å². The Bertz CT molecular complexity index is 350. The summed E-state index contributed by atoms with van der Waals surface area (Å²) < 4.78 is 10.7. The summed E-state index contributed by atoms with van der Waals surface area (Å²) >= 11 is 0. The third-order valence-corrected chi connectivity index (χ3v) is 2.67. The van der Waals surface area contributed by atoms with E-state index < -0.39 is 11.7 Å². The van der Waals surface area contributed by atoms with Gasteiger partial charge in [-0.25, -0.2) is 0 Å². The molecule has 110 valence electrons. The van der Waals surface area contributed by atoms with Crippen LogP contribution < -0.4 is 0 Å². The Hall–Kier alpha value is -0.870.